The van der Waals surface area contributed by atoms with Gasteiger partial charge in [0.05, 0.1) is 18.9 Å². The largest absolute Gasteiger partial charge is 0.496 e. The zero-order valence-electron chi connectivity index (χ0n) is 12.9. The van der Waals surface area contributed by atoms with Gasteiger partial charge in [0, 0.05) is 0 Å². The van der Waals surface area contributed by atoms with Crippen molar-refractivity contribution in [3.63, 3.8) is 0 Å². The quantitative estimate of drug-likeness (QED) is 0.586. The van der Waals surface area contributed by atoms with E-state index >= 15 is 0 Å². The van der Waals surface area contributed by atoms with Crippen molar-refractivity contribution < 1.29 is 4.74 Å². The summed E-state index contributed by atoms with van der Waals surface area (Å²) in [7, 11) is 1.63. The molecule has 3 rings (SSSR count). The van der Waals surface area contributed by atoms with Gasteiger partial charge >= 0.3 is 0 Å². The number of rotatable bonds is 4. The van der Waals surface area contributed by atoms with Crippen LogP contribution in [0.5, 0.6) is 5.75 Å². The molecule has 0 unspecified atom stereocenters. The van der Waals surface area contributed by atoms with Crippen LogP contribution >= 0.6 is 12.2 Å². The molecule has 0 fully saturated rings. The molecule has 0 aliphatic carbocycles. The number of benzene rings is 2. The van der Waals surface area contributed by atoms with Gasteiger partial charge in [-0.05, 0) is 36.8 Å². The minimum atomic E-state index is 0.426. The molecule has 0 aliphatic heterocycles. The normalized spacial score (nSPS) is 11.0. The number of nitrogens with one attached hydrogen (secondary N) is 1. The molecule has 0 spiro atoms. The molecule has 0 radical (unpaired) electrons. The van der Waals surface area contributed by atoms with E-state index < -0.39 is 0 Å². The van der Waals surface area contributed by atoms with E-state index in [9.17, 15) is 0 Å². The highest BCUT2D eigenvalue weighted by Crippen LogP contribution is 2.27. The van der Waals surface area contributed by atoms with Gasteiger partial charge in [-0.1, -0.05) is 42.0 Å². The summed E-state index contributed by atoms with van der Waals surface area (Å²) in [6.07, 6.45) is 1.76. The first-order valence-electron chi connectivity index (χ1n) is 7.11. The van der Waals surface area contributed by atoms with Gasteiger partial charge in [0.25, 0.3) is 0 Å². The van der Waals surface area contributed by atoms with Crippen molar-refractivity contribution in [1.29, 1.82) is 0 Å². The maximum Gasteiger partial charge on any atom is 0.216 e. The first-order chi connectivity index (χ1) is 11.2. The second kappa shape index (κ2) is 6.58. The average molecular weight is 324 g/mol. The third-order valence-electron chi connectivity index (χ3n) is 3.36. The second-order valence-corrected chi connectivity index (χ2v) is 5.41. The van der Waals surface area contributed by atoms with Crippen LogP contribution in [0.3, 0.4) is 0 Å². The lowest BCUT2D eigenvalue weighted by Crippen LogP contribution is -1.97. The highest BCUT2D eigenvalue weighted by atomic mass is 32.1. The summed E-state index contributed by atoms with van der Waals surface area (Å²) < 4.78 is 7.41. The van der Waals surface area contributed by atoms with Crippen LogP contribution in [0.4, 0.5) is 0 Å². The second-order valence-electron chi connectivity index (χ2n) is 5.02. The van der Waals surface area contributed by atoms with Crippen LogP contribution in [0, 0.1) is 11.7 Å². The molecule has 0 bridgehead atoms. The minimum absolute atomic E-state index is 0.426. The summed E-state index contributed by atoms with van der Waals surface area (Å²) in [4.78, 5) is 0. The highest BCUT2D eigenvalue weighted by Gasteiger charge is 2.12. The molecule has 2 aromatic carbocycles. The molecule has 0 saturated heterocycles. The van der Waals surface area contributed by atoms with Crippen molar-refractivity contribution in [1.82, 2.24) is 14.9 Å². The Morgan fingerprint density at radius 3 is 2.83 bits per heavy atom. The summed E-state index contributed by atoms with van der Waals surface area (Å²) >= 11 is 5.28. The van der Waals surface area contributed by atoms with Crippen LogP contribution in [-0.4, -0.2) is 28.2 Å². The lowest BCUT2D eigenvalue weighted by molar-refractivity contribution is 0.416. The number of nitrogens with zero attached hydrogens (tertiary/aromatic N) is 3. The smallest absolute Gasteiger partial charge is 0.216 e. The molecule has 0 atom stereocenters. The Hall–Kier alpha value is -2.73. The number of H-pyrrole nitrogens is 1. The van der Waals surface area contributed by atoms with Gasteiger partial charge in [0.15, 0.2) is 5.82 Å². The lowest BCUT2D eigenvalue weighted by Gasteiger charge is -2.06. The highest BCUT2D eigenvalue weighted by molar-refractivity contribution is 7.71. The van der Waals surface area contributed by atoms with Crippen molar-refractivity contribution in [2.24, 2.45) is 5.10 Å². The first kappa shape index (κ1) is 15.2. The van der Waals surface area contributed by atoms with Crippen molar-refractivity contribution in [2.75, 3.05) is 7.11 Å². The molecule has 6 heteroatoms. The molecule has 1 aromatic heterocycles. The molecule has 1 N–H and O–H groups in total. The minimum Gasteiger partial charge on any atom is -0.496 e. The number of ether oxygens (including phenoxy) is 1. The van der Waals surface area contributed by atoms with Crippen LogP contribution in [0.1, 0.15) is 11.1 Å². The molecule has 3 aromatic rings. The first-order valence-corrected chi connectivity index (χ1v) is 7.51. The van der Waals surface area contributed by atoms with Crippen LogP contribution in [0.2, 0.25) is 0 Å². The summed E-state index contributed by atoms with van der Waals surface area (Å²) in [6.45, 7) is 2.04. The fourth-order valence-electron chi connectivity index (χ4n) is 2.28. The number of aryl methyl sites for hydroxylation is 1. The maximum absolute atomic E-state index is 5.39. The number of hydrogen-bond donors (Lipinski definition) is 1. The predicted octanol–water partition coefficient (Wildman–Crippen LogP) is 3.81. The summed E-state index contributed by atoms with van der Waals surface area (Å²) in [5.74, 6) is 1.32. The Balaban J connectivity index is 2.04. The fourth-order valence-corrected chi connectivity index (χ4v) is 2.46. The van der Waals surface area contributed by atoms with Gasteiger partial charge in [-0.2, -0.15) is 14.9 Å². The predicted molar refractivity (Wildman–Crippen MR) is 93.6 cm³/mol. The molecule has 5 nitrogen and oxygen atoms in total. The van der Waals surface area contributed by atoms with Crippen LogP contribution in [-0.2, 0) is 0 Å². The lowest BCUT2D eigenvalue weighted by atomic mass is 10.2. The van der Waals surface area contributed by atoms with Crippen molar-refractivity contribution in [2.45, 2.75) is 6.92 Å². The molecular weight excluding hydrogens is 308 g/mol. The number of hydrogen-bond acceptors (Lipinski definition) is 4. The van der Waals surface area contributed by atoms with E-state index in [-0.39, 0.29) is 0 Å². The van der Waals surface area contributed by atoms with Crippen LogP contribution < -0.4 is 4.74 Å². The van der Waals surface area contributed by atoms with E-state index in [4.69, 9.17) is 17.0 Å². The zero-order valence-corrected chi connectivity index (χ0v) is 13.7. The maximum atomic E-state index is 5.39. The number of aromatic nitrogens is 3. The Labute approximate surface area is 139 Å². The van der Waals surface area contributed by atoms with Gasteiger partial charge < -0.3 is 4.74 Å². The molecule has 116 valence electrons. The Morgan fingerprint density at radius 1 is 1.22 bits per heavy atom. The van der Waals surface area contributed by atoms with E-state index in [2.05, 4.69) is 21.4 Å². The molecule has 1 heterocycles. The van der Waals surface area contributed by atoms with E-state index in [0.717, 1.165) is 11.1 Å². The van der Waals surface area contributed by atoms with Gasteiger partial charge in [0.1, 0.15) is 5.75 Å². The monoisotopic (exact) mass is 324 g/mol. The topological polar surface area (TPSA) is 55.2 Å². The van der Waals surface area contributed by atoms with E-state index in [0.29, 0.717) is 16.3 Å². The van der Waals surface area contributed by atoms with Crippen LogP contribution in [0.25, 0.3) is 11.4 Å². The van der Waals surface area contributed by atoms with Gasteiger partial charge in [-0.3, -0.25) is 0 Å². The van der Waals surface area contributed by atoms with E-state index in [1.54, 1.807) is 18.0 Å². The fraction of sp³-hybridized carbons (Fsp3) is 0.118. The molecule has 23 heavy (non-hydrogen) atoms. The summed E-state index contributed by atoms with van der Waals surface area (Å²) in [5, 5.41) is 11.5. The van der Waals surface area contributed by atoms with Gasteiger partial charge in [-0.15, -0.1) is 0 Å². The zero-order chi connectivity index (χ0) is 16.2. The Bertz CT molecular complexity index is 911. The molecule has 0 aliphatic rings. The standard InChI is InChI=1S/C17H16N4OS/c1-12-6-5-7-13(10-12)11-18-21-16(19-20-17(21)23)14-8-3-4-9-15(14)22-2/h3-11H,1-2H3,(H,20,23)/b18-11+. The van der Waals surface area contributed by atoms with Crippen molar-refractivity contribution in [3.05, 3.63) is 64.4 Å². The third-order valence-corrected chi connectivity index (χ3v) is 3.63. The number of aromatic amines is 1. The summed E-state index contributed by atoms with van der Waals surface area (Å²) in [6, 6.07) is 15.7. The number of para-hydroxylation sites is 1. The molecular formula is C17H16N4OS. The van der Waals surface area contributed by atoms with Crippen molar-refractivity contribution in [3.8, 4) is 17.1 Å². The average Bonchev–Trinajstić information content (AvgIpc) is 2.93. The Morgan fingerprint density at radius 2 is 2.04 bits per heavy atom. The number of methoxy groups -OCH3 is 1. The SMILES string of the molecule is COc1ccccc1-c1n[nH]c(=S)n1/N=C/c1cccc(C)c1. The molecule has 0 saturated carbocycles. The van der Waals surface area contributed by atoms with E-state index in [1.807, 2.05) is 49.4 Å². The Kier molecular flexibility index (Phi) is 4.34. The molecule has 0 amide bonds. The van der Waals surface area contributed by atoms with Crippen LogP contribution in [0.15, 0.2) is 53.6 Å². The van der Waals surface area contributed by atoms with Gasteiger partial charge in [-0.25, -0.2) is 5.10 Å². The van der Waals surface area contributed by atoms with E-state index in [1.165, 1.54) is 5.56 Å². The summed E-state index contributed by atoms with van der Waals surface area (Å²) in [5.41, 5.74) is 3.00. The van der Waals surface area contributed by atoms with Gasteiger partial charge in [0.2, 0.25) is 4.77 Å². The van der Waals surface area contributed by atoms with Crippen molar-refractivity contribution >= 4 is 18.4 Å². The third kappa shape index (κ3) is 3.22.